The van der Waals surface area contributed by atoms with Crippen LogP contribution in [0.1, 0.15) is 12.8 Å². The van der Waals surface area contributed by atoms with Gasteiger partial charge in [0.05, 0.1) is 18.8 Å². The van der Waals surface area contributed by atoms with E-state index in [9.17, 15) is 5.11 Å². The van der Waals surface area contributed by atoms with Gasteiger partial charge in [-0.05, 0) is 12.8 Å². The van der Waals surface area contributed by atoms with E-state index < -0.39 is 0 Å². The van der Waals surface area contributed by atoms with Gasteiger partial charge < -0.3 is 14.6 Å². The molecule has 15 heavy (non-hydrogen) atoms. The molecule has 4 heteroatoms. The standard InChI is InChI=1S/C11H21NO3/c1-14-10-2-4-12(6-10)7-11(13)9-3-5-15-8-9/h9-11,13H,2-8H2,1H3. The third-order valence-corrected chi connectivity index (χ3v) is 3.52. The maximum absolute atomic E-state index is 10.0. The molecule has 2 rings (SSSR count). The Morgan fingerprint density at radius 3 is 3.00 bits per heavy atom. The van der Waals surface area contributed by atoms with E-state index in [2.05, 4.69) is 4.90 Å². The number of hydrogen-bond acceptors (Lipinski definition) is 4. The SMILES string of the molecule is COC1CCN(CC(O)C2CCOC2)C1. The lowest BCUT2D eigenvalue weighted by Crippen LogP contribution is -2.36. The molecular formula is C11H21NO3. The van der Waals surface area contributed by atoms with Gasteiger partial charge in [0, 0.05) is 39.3 Å². The number of hydrogen-bond donors (Lipinski definition) is 1. The van der Waals surface area contributed by atoms with Gasteiger partial charge >= 0.3 is 0 Å². The van der Waals surface area contributed by atoms with Gasteiger partial charge in [0.15, 0.2) is 0 Å². The molecule has 2 fully saturated rings. The van der Waals surface area contributed by atoms with E-state index in [1.807, 2.05) is 0 Å². The molecule has 2 aliphatic rings. The van der Waals surface area contributed by atoms with E-state index in [0.717, 1.165) is 45.7 Å². The number of aliphatic hydroxyl groups is 1. The van der Waals surface area contributed by atoms with Crippen LogP contribution in [0, 0.1) is 5.92 Å². The highest BCUT2D eigenvalue weighted by Crippen LogP contribution is 2.19. The second-order valence-corrected chi connectivity index (χ2v) is 4.60. The number of methoxy groups -OCH3 is 1. The summed E-state index contributed by atoms with van der Waals surface area (Å²) in [5, 5.41) is 10.0. The van der Waals surface area contributed by atoms with Crippen LogP contribution in [0.15, 0.2) is 0 Å². The normalized spacial score (nSPS) is 34.8. The first-order valence-electron chi connectivity index (χ1n) is 5.80. The summed E-state index contributed by atoms with van der Waals surface area (Å²) in [6.07, 6.45) is 2.22. The van der Waals surface area contributed by atoms with Crippen LogP contribution in [-0.2, 0) is 9.47 Å². The van der Waals surface area contributed by atoms with E-state index in [1.54, 1.807) is 7.11 Å². The molecule has 2 aliphatic heterocycles. The summed E-state index contributed by atoms with van der Waals surface area (Å²) in [6.45, 7) is 4.31. The Hall–Kier alpha value is -0.160. The Morgan fingerprint density at radius 2 is 2.40 bits per heavy atom. The lowest BCUT2D eigenvalue weighted by atomic mass is 10.0. The Morgan fingerprint density at radius 1 is 1.53 bits per heavy atom. The largest absolute Gasteiger partial charge is 0.391 e. The van der Waals surface area contributed by atoms with Gasteiger partial charge in [-0.15, -0.1) is 0 Å². The van der Waals surface area contributed by atoms with Crippen molar-refractivity contribution in [3.8, 4) is 0 Å². The van der Waals surface area contributed by atoms with Gasteiger partial charge in [-0.25, -0.2) is 0 Å². The van der Waals surface area contributed by atoms with Crippen molar-refractivity contribution in [1.82, 2.24) is 4.90 Å². The molecule has 2 saturated heterocycles. The van der Waals surface area contributed by atoms with E-state index in [1.165, 1.54) is 0 Å². The van der Waals surface area contributed by atoms with E-state index in [0.29, 0.717) is 12.0 Å². The van der Waals surface area contributed by atoms with Gasteiger partial charge in [0.2, 0.25) is 0 Å². The van der Waals surface area contributed by atoms with Crippen molar-refractivity contribution in [3.63, 3.8) is 0 Å². The fraction of sp³-hybridized carbons (Fsp3) is 1.00. The lowest BCUT2D eigenvalue weighted by Gasteiger charge is -2.23. The van der Waals surface area contributed by atoms with Crippen molar-refractivity contribution < 1.29 is 14.6 Å². The quantitative estimate of drug-likeness (QED) is 0.722. The number of likely N-dealkylation sites (tertiary alicyclic amines) is 1. The Kier molecular flexibility index (Phi) is 3.97. The summed E-state index contributed by atoms with van der Waals surface area (Å²) in [7, 11) is 1.76. The third-order valence-electron chi connectivity index (χ3n) is 3.52. The van der Waals surface area contributed by atoms with E-state index >= 15 is 0 Å². The van der Waals surface area contributed by atoms with Gasteiger partial charge in [-0.1, -0.05) is 0 Å². The summed E-state index contributed by atoms with van der Waals surface area (Å²) in [4.78, 5) is 2.29. The monoisotopic (exact) mass is 215 g/mol. The lowest BCUT2D eigenvalue weighted by molar-refractivity contribution is 0.0539. The zero-order chi connectivity index (χ0) is 10.7. The second kappa shape index (κ2) is 5.25. The summed E-state index contributed by atoms with van der Waals surface area (Å²) in [5.41, 5.74) is 0. The van der Waals surface area contributed by atoms with Crippen LogP contribution >= 0.6 is 0 Å². The topological polar surface area (TPSA) is 41.9 Å². The Balaban J connectivity index is 1.72. The smallest absolute Gasteiger partial charge is 0.0718 e. The molecule has 3 unspecified atom stereocenters. The van der Waals surface area contributed by atoms with Crippen molar-refractivity contribution in [1.29, 1.82) is 0 Å². The Labute approximate surface area is 91.2 Å². The van der Waals surface area contributed by atoms with Crippen LogP contribution in [0.5, 0.6) is 0 Å². The highest BCUT2D eigenvalue weighted by molar-refractivity contribution is 4.81. The zero-order valence-electron chi connectivity index (χ0n) is 9.39. The molecular weight excluding hydrogens is 194 g/mol. The number of aliphatic hydroxyl groups excluding tert-OH is 1. The first kappa shape index (κ1) is 11.3. The van der Waals surface area contributed by atoms with Crippen LogP contribution in [0.25, 0.3) is 0 Å². The molecule has 0 aliphatic carbocycles. The average molecular weight is 215 g/mol. The minimum Gasteiger partial charge on any atom is -0.391 e. The highest BCUT2D eigenvalue weighted by atomic mass is 16.5. The molecule has 0 spiro atoms. The number of rotatable bonds is 4. The Bertz CT molecular complexity index is 194. The highest BCUT2D eigenvalue weighted by Gasteiger charge is 2.29. The molecule has 88 valence electrons. The zero-order valence-corrected chi connectivity index (χ0v) is 9.39. The molecule has 3 atom stereocenters. The summed E-state index contributed by atoms with van der Waals surface area (Å²) in [6, 6.07) is 0. The second-order valence-electron chi connectivity index (χ2n) is 4.60. The van der Waals surface area contributed by atoms with Gasteiger partial charge in [0.1, 0.15) is 0 Å². The molecule has 4 nitrogen and oxygen atoms in total. The van der Waals surface area contributed by atoms with Crippen LogP contribution < -0.4 is 0 Å². The number of β-amino-alcohol motifs (C(OH)–C–C–N with tert-alkyl or cyclic N) is 1. The van der Waals surface area contributed by atoms with Crippen LogP contribution in [0.2, 0.25) is 0 Å². The first-order chi connectivity index (χ1) is 7.29. The van der Waals surface area contributed by atoms with Crippen molar-refractivity contribution in [2.24, 2.45) is 5.92 Å². The van der Waals surface area contributed by atoms with Crippen molar-refractivity contribution in [3.05, 3.63) is 0 Å². The fourth-order valence-electron chi connectivity index (χ4n) is 2.43. The van der Waals surface area contributed by atoms with Gasteiger partial charge in [-0.2, -0.15) is 0 Å². The van der Waals surface area contributed by atoms with Crippen LogP contribution in [-0.4, -0.2) is 62.2 Å². The summed E-state index contributed by atoms with van der Waals surface area (Å²) >= 11 is 0. The summed E-state index contributed by atoms with van der Waals surface area (Å²) in [5.74, 6) is 0.339. The molecule has 0 aromatic carbocycles. The number of ether oxygens (including phenoxy) is 2. The van der Waals surface area contributed by atoms with Crippen LogP contribution in [0.4, 0.5) is 0 Å². The third kappa shape index (κ3) is 2.91. The molecule has 1 N–H and O–H groups in total. The molecule has 0 aromatic rings. The molecule has 0 saturated carbocycles. The minimum atomic E-state index is -0.233. The van der Waals surface area contributed by atoms with Gasteiger partial charge in [-0.3, -0.25) is 4.90 Å². The molecule has 0 bridgehead atoms. The number of nitrogens with zero attached hydrogens (tertiary/aromatic N) is 1. The predicted molar refractivity (Wildman–Crippen MR) is 56.8 cm³/mol. The van der Waals surface area contributed by atoms with Crippen molar-refractivity contribution in [2.75, 3.05) is 40.0 Å². The molecule has 0 aromatic heterocycles. The average Bonchev–Trinajstić information content (AvgIpc) is 2.87. The van der Waals surface area contributed by atoms with E-state index in [4.69, 9.17) is 9.47 Å². The van der Waals surface area contributed by atoms with Crippen molar-refractivity contribution in [2.45, 2.75) is 25.0 Å². The van der Waals surface area contributed by atoms with Crippen molar-refractivity contribution >= 4 is 0 Å². The fourth-order valence-corrected chi connectivity index (χ4v) is 2.43. The minimum absolute atomic E-state index is 0.233. The first-order valence-corrected chi connectivity index (χ1v) is 5.80. The maximum atomic E-state index is 10.0. The molecule has 0 amide bonds. The predicted octanol–water partition coefficient (Wildman–Crippen LogP) is 0.104. The molecule has 0 radical (unpaired) electrons. The van der Waals surface area contributed by atoms with E-state index in [-0.39, 0.29) is 6.10 Å². The summed E-state index contributed by atoms with van der Waals surface area (Å²) < 4.78 is 10.6. The van der Waals surface area contributed by atoms with Gasteiger partial charge in [0.25, 0.3) is 0 Å². The van der Waals surface area contributed by atoms with Crippen LogP contribution in [0.3, 0.4) is 0 Å². The molecule has 2 heterocycles. The maximum Gasteiger partial charge on any atom is 0.0718 e.